The van der Waals surface area contributed by atoms with Crippen molar-refractivity contribution in [1.29, 1.82) is 0 Å². The number of nitrogens with two attached hydrogens (primary N) is 1. The molecule has 0 fully saturated rings. The normalized spacial score (nSPS) is 11.7. The zero-order chi connectivity index (χ0) is 42.2. The smallest absolute Gasteiger partial charge is 0.478 e. The van der Waals surface area contributed by atoms with Crippen molar-refractivity contribution in [2.45, 2.75) is 7.43 Å². The second-order valence-corrected chi connectivity index (χ2v) is 14.3. The highest BCUT2D eigenvalue weighted by Crippen LogP contribution is 2.50. The van der Waals surface area contributed by atoms with Crippen molar-refractivity contribution in [2.24, 2.45) is 4.88 Å². The number of aromatic nitrogens is 4. The number of para-hydroxylation sites is 2. The van der Waals surface area contributed by atoms with Crippen LogP contribution in [0.15, 0.2) is 151 Å². The molecule has 0 saturated carbocycles. The van der Waals surface area contributed by atoms with Gasteiger partial charge in [-0.3, -0.25) is 0 Å². The second kappa shape index (κ2) is 18.7. The first kappa shape index (κ1) is 41.8. The second-order valence-electron chi connectivity index (χ2n) is 12.8. The molecule has 0 spiro atoms. The van der Waals surface area contributed by atoms with E-state index in [-0.39, 0.29) is 26.6 Å². The van der Waals surface area contributed by atoms with Crippen LogP contribution in [0.3, 0.4) is 0 Å². The molecule has 4 aromatic heterocycles. The summed E-state index contributed by atoms with van der Waals surface area (Å²) in [5.74, 6) is 2.36. The number of hydrogen-bond donors (Lipinski definition) is 2. The van der Waals surface area contributed by atoms with Crippen LogP contribution in [-0.4, -0.2) is 44.6 Å². The van der Waals surface area contributed by atoms with Crippen molar-refractivity contribution in [3.63, 3.8) is 0 Å². The van der Waals surface area contributed by atoms with Crippen LogP contribution in [0.4, 0.5) is 5.69 Å². The van der Waals surface area contributed by atoms with Gasteiger partial charge in [0.1, 0.15) is 11.5 Å². The Morgan fingerprint density at radius 1 is 0.661 bits per heavy atom. The average molecular weight is 851 g/mol. The molecule has 310 valence electrons. The fourth-order valence-electron chi connectivity index (χ4n) is 6.06. The standard InChI is InChI=1S/C16H10N2O4.C15H11N3O2.C12H10N3O3P.CH4/c19-16(20)11-7-12(18-15-10(11)2-1-5-17-15)9-3-4-13-14(6-9)22-8-21-13;16-11-7-12(18-15-10(11)2-1-5-17-15)9-3-4-13-14(6-9)20-8-19-13;13-14-15-19(16,17-11-7-3-1-4-8-11)18-12-9-5-2-6-10-12;/h1-7H,8H2,(H,19,20);1-7H,8H2,(H2,16,17,18);1-10H;1H4. The zero-order valence-electron chi connectivity index (χ0n) is 31.6. The Morgan fingerprint density at radius 3 is 1.66 bits per heavy atom. The summed E-state index contributed by atoms with van der Waals surface area (Å²) in [4.78, 5) is 34.5. The van der Waals surface area contributed by atoms with Gasteiger partial charge in [0.2, 0.25) is 13.6 Å². The number of pyridine rings is 4. The fraction of sp³-hybridized carbons (Fsp3) is 0.0682. The van der Waals surface area contributed by atoms with Crippen molar-refractivity contribution in [3.8, 4) is 57.0 Å². The molecule has 8 aromatic rings. The molecule has 3 N–H and O–H groups in total. The van der Waals surface area contributed by atoms with Crippen LogP contribution in [0.2, 0.25) is 0 Å². The Balaban J connectivity index is 0.000000139. The molecule has 0 radical (unpaired) electrons. The molecule has 10 rings (SSSR count). The first-order valence-electron chi connectivity index (χ1n) is 18.2. The van der Waals surface area contributed by atoms with E-state index >= 15 is 0 Å². The lowest BCUT2D eigenvalue weighted by Gasteiger charge is -2.14. The van der Waals surface area contributed by atoms with E-state index in [1.165, 1.54) is 0 Å². The summed E-state index contributed by atoms with van der Waals surface area (Å²) in [6.45, 7) is 0.444. The van der Waals surface area contributed by atoms with Gasteiger partial charge < -0.3 is 38.8 Å². The Morgan fingerprint density at radius 2 is 1.15 bits per heavy atom. The highest BCUT2D eigenvalue weighted by molar-refractivity contribution is 7.53. The van der Waals surface area contributed by atoms with E-state index in [9.17, 15) is 14.5 Å². The van der Waals surface area contributed by atoms with E-state index in [1.807, 2.05) is 42.5 Å². The molecule has 17 nitrogen and oxygen atoms in total. The Bertz CT molecular complexity index is 2950. The Hall–Kier alpha value is -8.39. The molecule has 2 aliphatic heterocycles. The van der Waals surface area contributed by atoms with E-state index in [0.717, 1.165) is 33.7 Å². The maximum Gasteiger partial charge on any atom is 0.525 e. The first-order chi connectivity index (χ1) is 29.7. The summed E-state index contributed by atoms with van der Waals surface area (Å²) in [5.41, 5.74) is 19.4. The average Bonchev–Trinajstić information content (AvgIpc) is 3.97. The lowest BCUT2D eigenvalue weighted by Crippen LogP contribution is -2.01. The monoisotopic (exact) mass is 850 g/mol. The van der Waals surface area contributed by atoms with Gasteiger partial charge >= 0.3 is 13.7 Å². The van der Waals surface area contributed by atoms with Crippen molar-refractivity contribution in [3.05, 3.63) is 162 Å². The van der Waals surface area contributed by atoms with Crippen LogP contribution in [0, 0.1) is 0 Å². The van der Waals surface area contributed by atoms with Crippen LogP contribution in [0.5, 0.6) is 34.5 Å². The number of carboxylic acid groups (broad SMARTS) is 1. The van der Waals surface area contributed by atoms with Gasteiger partial charge in [0.15, 0.2) is 34.3 Å². The summed E-state index contributed by atoms with van der Waals surface area (Å²) in [6.07, 6.45) is 3.29. The number of azide groups is 1. The molecule has 62 heavy (non-hydrogen) atoms. The van der Waals surface area contributed by atoms with Gasteiger partial charge in [0.05, 0.1) is 17.0 Å². The van der Waals surface area contributed by atoms with Crippen molar-refractivity contribution >= 4 is 41.5 Å². The molecule has 0 bridgehead atoms. The molecule has 0 saturated heterocycles. The topological polar surface area (TPSA) is 236 Å². The Kier molecular flexibility index (Phi) is 12.6. The first-order valence-corrected chi connectivity index (χ1v) is 19.7. The van der Waals surface area contributed by atoms with Gasteiger partial charge in [0.25, 0.3) is 0 Å². The quantitative estimate of drug-likeness (QED) is 0.0626. The molecule has 0 aliphatic carbocycles. The van der Waals surface area contributed by atoms with Crippen LogP contribution in [0.1, 0.15) is 17.8 Å². The molecule has 4 aromatic carbocycles. The minimum absolute atomic E-state index is 0. The molecule has 0 unspecified atom stereocenters. The fourth-order valence-corrected chi connectivity index (χ4v) is 7.04. The van der Waals surface area contributed by atoms with Gasteiger partial charge in [-0.2, -0.15) is 0 Å². The van der Waals surface area contributed by atoms with Crippen LogP contribution < -0.4 is 33.7 Å². The van der Waals surface area contributed by atoms with E-state index in [4.69, 9.17) is 39.3 Å². The molecule has 6 heterocycles. The number of carboxylic acids is 1. The number of hydrogen-bond acceptors (Lipinski definition) is 13. The zero-order valence-corrected chi connectivity index (χ0v) is 32.5. The molecule has 0 amide bonds. The summed E-state index contributed by atoms with van der Waals surface area (Å²) >= 11 is 0. The number of benzene rings is 4. The number of nitrogens with zero attached hydrogens (tertiary/aromatic N) is 7. The maximum absolute atomic E-state index is 12.3. The van der Waals surface area contributed by atoms with Crippen molar-refractivity contribution in [1.82, 2.24) is 19.9 Å². The summed E-state index contributed by atoms with van der Waals surface area (Å²) < 4.78 is 43.9. The van der Waals surface area contributed by atoms with Gasteiger partial charge in [-0.1, -0.05) is 43.8 Å². The lowest BCUT2D eigenvalue weighted by atomic mass is 10.1. The number of aromatic carboxylic acids is 1. The number of rotatable bonds is 8. The Labute approximate surface area is 353 Å². The van der Waals surface area contributed by atoms with Gasteiger partial charge in [0, 0.05) is 49.8 Å². The van der Waals surface area contributed by atoms with E-state index < -0.39 is 13.7 Å². The van der Waals surface area contributed by atoms with Crippen molar-refractivity contribution in [2.75, 3.05) is 19.3 Å². The third kappa shape index (κ3) is 9.56. The van der Waals surface area contributed by atoms with Crippen LogP contribution in [-0.2, 0) is 4.57 Å². The highest BCUT2D eigenvalue weighted by atomic mass is 31.2. The number of carbonyl (C=O) groups is 1. The number of ether oxygens (including phenoxy) is 4. The van der Waals surface area contributed by atoms with Gasteiger partial charge in [-0.15, -0.1) is 0 Å². The summed E-state index contributed by atoms with van der Waals surface area (Å²) in [7, 11) is -3.95. The number of nitrogen functional groups attached to an aromatic ring is 1. The van der Waals surface area contributed by atoms with Gasteiger partial charge in [-0.05, 0) is 103 Å². The molecule has 2 aliphatic rings. The summed E-state index contributed by atoms with van der Waals surface area (Å²) in [6, 6.07) is 38.4. The maximum atomic E-state index is 12.3. The molecule has 18 heteroatoms. The van der Waals surface area contributed by atoms with E-state index in [2.05, 4.69) is 29.7 Å². The van der Waals surface area contributed by atoms with E-state index in [1.54, 1.807) is 103 Å². The predicted molar refractivity (Wildman–Crippen MR) is 231 cm³/mol. The molecular weight excluding hydrogens is 816 g/mol. The van der Waals surface area contributed by atoms with Gasteiger partial charge in [-0.25, -0.2) is 29.3 Å². The van der Waals surface area contributed by atoms with Crippen molar-refractivity contribution < 1.29 is 42.5 Å². The largest absolute Gasteiger partial charge is 0.525 e. The number of anilines is 1. The molecule has 0 atom stereocenters. The van der Waals surface area contributed by atoms with E-state index in [0.29, 0.717) is 51.1 Å². The third-order valence-electron chi connectivity index (χ3n) is 8.85. The van der Waals surface area contributed by atoms with Crippen LogP contribution >= 0.6 is 7.75 Å². The third-order valence-corrected chi connectivity index (χ3v) is 10.0. The summed E-state index contributed by atoms with van der Waals surface area (Å²) in [5, 5.41) is 10.8. The predicted octanol–water partition coefficient (Wildman–Crippen LogP) is 10.5. The minimum atomic E-state index is -3.95. The minimum Gasteiger partial charge on any atom is -0.478 e. The lowest BCUT2D eigenvalue weighted by molar-refractivity contribution is 0.0699. The molecular formula is C44H35N8O9P. The SMILES string of the molecule is C.Nc1cc(-c2ccc3c(c2)OCO3)nc2ncccc12.O=C(O)c1cc(-c2ccc3c(c2)OCO3)nc2ncccc12.[N-]=[N+]=NP(=O)(Oc1ccccc1)Oc1ccccc1. The number of fused-ring (bicyclic) bond motifs is 4. The van der Waals surface area contributed by atoms with Crippen LogP contribution in [0.25, 0.3) is 55.0 Å². The highest BCUT2D eigenvalue weighted by Gasteiger charge is 2.27.